The van der Waals surface area contributed by atoms with Crippen molar-refractivity contribution in [1.82, 2.24) is 0 Å². The molecular formula is C14H28O. The summed E-state index contributed by atoms with van der Waals surface area (Å²) in [4.78, 5) is 0. The molecule has 1 heteroatoms. The van der Waals surface area contributed by atoms with E-state index in [1.54, 1.807) is 0 Å². The summed E-state index contributed by atoms with van der Waals surface area (Å²) in [7, 11) is 0. The highest BCUT2D eigenvalue weighted by Crippen LogP contribution is 2.37. The molecule has 0 N–H and O–H groups in total. The summed E-state index contributed by atoms with van der Waals surface area (Å²) in [6.45, 7) is 13.5. The molecule has 0 unspecified atom stereocenters. The van der Waals surface area contributed by atoms with Crippen LogP contribution in [0.25, 0.3) is 0 Å². The summed E-state index contributed by atoms with van der Waals surface area (Å²) in [5.74, 6) is 0.886. The molecule has 1 saturated carbocycles. The summed E-state index contributed by atoms with van der Waals surface area (Å²) >= 11 is 0. The Bertz CT molecular complexity index is 172. The van der Waals surface area contributed by atoms with E-state index in [1.807, 2.05) is 0 Å². The van der Waals surface area contributed by atoms with E-state index >= 15 is 0 Å². The zero-order valence-corrected chi connectivity index (χ0v) is 11.4. The lowest BCUT2D eigenvalue weighted by Crippen LogP contribution is -2.26. The molecule has 1 fully saturated rings. The van der Waals surface area contributed by atoms with Crippen LogP contribution in [0.15, 0.2) is 0 Å². The molecule has 1 aliphatic carbocycles. The van der Waals surface area contributed by atoms with Crippen LogP contribution < -0.4 is 0 Å². The van der Waals surface area contributed by atoms with E-state index < -0.39 is 0 Å². The van der Waals surface area contributed by atoms with Crippen LogP contribution in [0.5, 0.6) is 0 Å². The van der Waals surface area contributed by atoms with Gasteiger partial charge in [-0.2, -0.15) is 0 Å². The quantitative estimate of drug-likeness (QED) is 0.659. The Morgan fingerprint density at radius 2 is 1.60 bits per heavy atom. The number of hydrogen-bond donors (Lipinski definition) is 0. The average molecular weight is 212 g/mol. The molecule has 1 rings (SSSR count). The first-order chi connectivity index (χ1) is 6.66. The molecule has 15 heavy (non-hydrogen) atoms. The van der Waals surface area contributed by atoms with Gasteiger partial charge in [-0.05, 0) is 57.8 Å². The second-order valence-corrected chi connectivity index (χ2v) is 7.30. The fourth-order valence-corrected chi connectivity index (χ4v) is 2.69. The molecule has 0 amide bonds. The van der Waals surface area contributed by atoms with Gasteiger partial charge >= 0.3 is 0 Å². The molecule has 0 aromatic rings. The number of hydrogen-bond acceptors (Lipinski definition) is 1. The molecule has 0 aromatic carbocycles. The Morgan fingerprint density at radius 1 is 1.00 bits per heavy atom. The van der Waals surface area contributed by atoms with Crippen molar-refractivity contribution >= 4 is 0 Å². The molecule has 1 nitrogen and oxygen atoms in total. The van der Waals surface area contributed by atoms with Crippen molar-refractivity contribution in [3.8, 4) is 0 Å². The van der Waals surface area contributed by atoms with Gasteiger partial charge in [0.15, 0.2) is 0 Å². The zero-order chi connectivity index (χ0) is 11.7. The van der Waals surface area contributed by atoms with Crippen molar-refractivity contribution in [2.75, 3.05) is 0 Å². The van der Waals surface area contributed by atoms with Crippen molar-refractivity contribution in [1.29, 1.82) is 0 Å². The molecule has 0 heterocycles. The van der Waals surface area contributed by atoms with Gasteiger partial charge in [0, 0.05) is 0 Å². The molecule has 0 spiro atoms. The molecule has 1 aliphatic rings. The topological polar surface area (TPSA) is 9.23 Å². The van der Waals surface area contributed by atoms with Crippen molar-refractivity contribution < 1.29 is 4.74 Å². The molecule has 2 atom stereocenters. The largest absolute Gasteiger partial charge is 0.373 e. The second kappa shape index (κ2) is 4.45. The van der Waals surface area contributed by atoms with Crippen molar-refractivity contribution in [2.45, 2.75) is 78.9 Å². The van der Waals surface area contributed by atoms with E-state index in [-0.39, 0.29) is 5.60 Å². The minimum Gasteiger partial charge on any atom is -0.373 e. The van der Waals surface area contributed by atoms with Gasteiger partial charge in [-0.1, -0.05) is 20.8 Å². The minimum absolute atomic E-state index is 0.0291. The summed E-state index contributed by atoms with van der Waals surface area (Å²) in [5, 5.41) is 0. The van der Waals surface area contributed by atoms with Crippen LogP contribution in [0.2, 0.25) is 0 Å². The third-order valence-electron chi connectivity index (χ3n) is 2.91. The zero-order valence-electron chi connectivity index (χ0n) is 11.4. The van der Waals surface area contributed by atoms with Crippen LogP contribution in [0, 0.1) is 11.3 Å². The lowest BCUT2D eigenvalue weighted by molar-refractivity contribution is -0.0578. The van der Waals surface area contributed by atoms with Gasteiger partial charge in [-0.15, -0.1) is 0 Å². The maximum atomic E-state index is 6.04. The highest BCUT2D eigenvalue weighted by molar-refractivity contribution is 4.81. The van der Waals surface area contributed by atoms with Gasteiger partial charge in [0.1, 0.15) is 0 Å². The maximum Gasteiger partial charge on any atom is 0.0602 e. The van der Waals surface area contributed by atoms with Crippen LogP contribution >= 0.6 is 0 Å². The Morgan fingerprint density at radius 3 is 2.07 bits per heavy atom. The highest BCUT2D eigenvalue weighted by atomic mass is 16.5. The van der Waals surface area contributed by atoms with Crippen LogP contribution in [0.4, 0.5) is 0 Å². The highest BCUT2D eigenvalue weighted by Gasteiger charge is 2.30. The first-order valence-corrected chi connectivity index (χ1v) is 6.33. The van der Waals surface area contributed by atoms with Gasteiger partial charge in [0.25, 0.3) is 0 Å². The predicted molar refractivity (Wildman–Crippen MR) is 66.0 cm³/mol. The van der Waals surface area contributed by atoms with Gasteiger partial charge in [0.2, 0.25) is 0 Å². The predicted octanol–water partition coefficient (Wildman–Crippen LogP) is 4.41. The lowest BCUT2D eigenvalue weighted by atomic mass is 9.84. The molecule has 0 aromatic heterocycles. The van der Waals surface area contributed by atoms with Crippen LogP contribution in [0.3, 0.4) is 0 Å². The third kappa shape index (κ3) is 5.55. The standard InChI is InChI=1S/C14H28O/c1-13(2,3)10-11-7-8-12(9-11)15-14(4,5)6/h11-12H,7-10H2,1-6H3/t11-,12+/m0/s1. The maximum absolute atomic E-state index is 6.04. The van der Waals surface area contributed by atoms with Crippen LogP contribution in [-0.2, 0) is 4.74 Å². The lowest BCUT2D eigenvalue weighted by Gasteiger charge is -2.26. The molecule has 0 aliphatic heterocycles. The molecule has 0 saturated heterocycles. The molecule has 0 bridgehead atoms. The van der Waals surface area contributed by atoms with E-state index in [0.717, 1.165) is 5.92 Å². The fraction of sp³-hybridized carbons (Fsp3) is 1.00. The normalized spacial score (nSPS) is 28.4. The number of rotatable bonds is 2. The van der Waals surface area contributed by atoms with E-state index in [4.69, 9.17) is 4.74 Å². The minimum atomic E-state index is 0.0291. The molecular weight excluding hydrogens is 184 g/mol. The summed E-state index contributed by atoms with van der Waals surface area (Å²) < 4.78 is 6.04. The van der Waals surface area contributed by atoms with E-state index in [0.29, 0.717) is 11.5 Å². The van der Waals surface area contributed by atoms with Gasteiger partial charge in [0.05, 0.1) is 11.7 Å². The van der Waals surface area contributed by atoms with Crippen LogP contribution in [0.1, 0.15) is 67.2 Å². The Kier molecular flexibility index (Phi) is 3.86. The summed E-state index contributed by atoms with van der Waals surface area (Å²) in [6.07, 6.45) is 5.75. The van der Waals surface area contributed by atoms with E-state index in [9.17, 15) is 0 Å². The van der Waals surface area contributed by atoms with E-state index in [2.05, 4.69) is 41.5 Å². The van der Waals surface area contributed by atoms with Crippen molar-refractivity contribution in [2.24, 2.45) is 11.3 Å². The third-order valence-corrected chi connectivity index (χ3v) is 2.91. The second-order valence-electron chi connectivity index (χ2n) is 7.30. The monoisotopic (exact) mass is 212 g/mol. The van der Waals surface area contributed by atoms with Crippen LogP contribution in [-0.4, -0.2) is 11.7 Å². The summed E-state index contributed by atoms with van der Waals surface area (Å²) in [6, 6.07) is 0. The smallest absolute Gasteiger partial charge is 0.0602 e. The first kappa shape index (κ1) is 13.0. The SMILES string of the molecule is CC(C)(C)C[C@H]1CC[C@@H](OC(C)(C)C)C1. The fourth-order valence-electron chi connectivity index (χ4n) is 2.69. The average Bonchev–Trinajstić information content (AvgIpc) is 2.28. The molecule has 0 radical (unpaired) electrons. The summed E-state index contributed by atoms with van der Waals surface area (Å²) in [5.41, 5.74) is 0.503. The Labute approximate surface area is 95.6 Å². The van der Waals surface area contributed by atoms with E-state index in [1.165, 1.54) is 25.7 Å². The first-order valence-electron chi connectivity index (χ1n) is 6.33. The Balaban J connectivity index is 2.33. The molecule has 90 valence electrons. The van der Waals surface area contributed by atoms with Crippen molar-refractivity contribution in [3.05, 3.63) is 0 Å². The van der Waals surface area contributed by atoms with Gasteiger partial charge in [-0.25, -0.2) is 0 Å². The number of ether oxygens (including phenoxy) is 1. The van der Waals surface area contributed by atoms with Crippen molar-refractivity contribution in [3.63, 3.8) is 0 Å². The Hall–Kier alpha value is -0.0400. The van der Waals surface area contributed by atoms with Gasteiger partial charge in [-0.3, -0.25) is 0 Å². The van der Waals surface area contributed by atoms with Gasteiger partial charge < -0.3 is 4.74 Å².